The lowest BCUT2D eigenvalue weighted by Crippen LogP contribution is -2.30. The van der Waals surface area contributed by atoms with Gasteiger partial charge in [0.1, 0.15) is 11.5 Å². The highest BCUT2D eigenvalue weighted by atomic mass is 16.5. The maximum atomic E-state index is 5.87. The van der Waals surface area contributed by atoms with Gasteiger partial charge in [-0.3, -0.25) is 4.90 Å². The number of nitrogens with one attached hydrogen (secondary N) is 1. The van der Waals surface area contributed by atoms with E-state index in [1.54, 1.807) is 14.2 Å². The molecule has 0 bridgehead atoms. The zero-order valence-corrected chi connectivity index (χ0v) is 13.9. The van der Waals surface area contributed by atoms with Gasteiger partial charge in [0, 0.05) is 27.3 Å². The molecule has 0 atom stereocenters. The van der Waals surface area contributed by atoms with Gasteiger partial charge in [-0.05, 0) is 24.6 Å². The van der Waals surface area contributed by atoms with Crippen molar-refractivity contribution in [2.24, 2.45) is 5.92 Å². The Morgan fingerprint density at radius 3 is 2.29 bits per heavy atom. The maximum absolute atomic E-state index is 5.87. The third kappa shape index (κ3) is 8.21. The van der Waals surface area contributed by atoms with Crippen LogP contribution in [0.1, 0.15) is 25.4 Å². The number of nitrogens with zero attached hydrogens (tertiary/aromatic N) is 1. The van der Waals surface area contributed by atoms with Gasteiger partial charge in [-0.1, -0.05) is 13.8 Å². The average molecular weight is 298 g/mol. The Kier molecular flexibility index (Phi) is 9.34. The van der Waals surface area contributed by atoms with E-state index in [0.29, 0.717) is 19.1 Å². The fourth-order valence-electron chi connectivity index (χ4n) is 2.02. The van der Waals surface area contributed by atoms with Crippen LogP contribution in [0.15, 0.2) is 16.5 Å². The monoisotopic (exact) mass is 298 g/mol. The van der Waals surface area contributed by atoms with Crippen LogP contribution in [0, 0.1) is 5.92 Å². The summed E-state index contributed by atoms with van der Waals surface area (Å²) >= 11 is 0. The van der Waals surface area contributed by atoms with Crippen molar-refractivity contribution in [2.45, 2.75) is 26.9 Å². The number of ether oxygens (including phenoxy) is 2. The molecule has 0 aliphatic carbocycles. The van der Waals surface area contributed by atoms with Crippen LogP contribution in [0.25, 0.3) is 0 Å². The van der Waals surface area contributed by atoms with Crippen molar-refractivity contribution < 1.29 is 13.9 Å². The lowest BCUT2D eigenvalue weighted by molar-refractivity contribution is 0.106. The highest BCUT2D eigenvalue weighted by molar-refractivity contribution is 5.07. The third-order valence-electron chi connectivity index (χ3n) is 3.17. The van der Waals surface area contributed by atoms with Gasteiger partial charge < -0.3 is 19.2 Å². The van der Waals surface area contributed by atoms with Crippen LogP contribution in [0.2, 0.25) is 0 Å². The Morgan fingerprint density at radius 2 is 1.71 bits per heavy atom. The first kappa shape index (κ1) is 18.2. The molecule has 21 heavy (non-hydrogen) atoms. The normalized spacial score (nSPS) is 11.7. The SMILES string of the molecule is COCCN(CCOC)Cc1ccc(CNCC(C)C)o1. The molecule has 0 spiro atoms. The first-order valence-electron chi connectivity index (χ1n) is 7.64. The van der Waals surface area contributed by atoms with Gasteiger partial charge in [0.05, 0.1) is 26.3 Å². The predicted molar refractivity (Wildman–Crippen MR) is 84.3 cm³/mol. The van der Waals surface area contributed by atoms with Crippen LogP contribution in [0.3, 0.4) is 0 Å². The molecule has 0 saturated carbocycles. The molecule has 1 aromatic heterocycles. The van der Waals surface area contributed by atoms with E-state index in [9.17, 15) is 0 Å². The minimum atomic E-state index is 0.651. The first-order valence-corrected chi connectivity index (χ1v) is 7.64. The molecule has 0 amide bonds. The van der Waals surface area contributed by atoms with Crippen molar-refractivity contribution in [1.82, 2.24) is 10.2 Å². The van der Waals surface area contributed by atoms with E-state index in [0.717, 1.165) is 44.2 Å². The van der Waals surface area contributed by atoms with Crippen LogP contribution >= 0.6 is 0 Å². The van der Waals surface area contributed by atoms with Crippen LogP contribution in [-0.2, 0) is 22.6 Å². The van der Waals surface area contributed by atoms with Crippen LogP contribution in [-0.4, -0.2) is 52.0 Å². The zero-order valence-electron chi connectivity index (χ0n) is 13.9. The molecule has 5 nitrogen and oxygen atoms in total. The molecule has 0 aliphatic rings. The van der Waals surface area contributed by atoms with Gasteiger partial charge in [-0.15, -0.1) is 0 Å². The van der Waals surface area contributed by atoms with E-state index < -0.39 is 0 Å². The molecule has 0 unspecified atom stereocenters. The molecule has 0 aromatic carbocycles. The van der Waals surface area contributed by atoms with E-state index >= 15 is 0 Å². The topological polar surface area (TPSA) is 46.9 Å². The van der Waals surface area contributed by atoms with Crippen LogP contribution in [0.4, 0.5) is 0 Å². The Balaban J connectivity index is 2.41. The highest BCUT2D eigenvalue weighted by Crippen LogP contribution is 2.11. The summed E-state index contributed by atoms with van der Waals surface area (Å²) in [6.07, 6.45) is 0. The van der Waals surface area contributed by atoms with Crippen LogP contribution < -0.4 is 5.32 Å². The Morgan fingerprint density at radius 1 is 1.10 bits per heavy atom. The first-order chi connectivity index (χ1) is 10.2. The van der Waals surface area contributed by atoms with Crippen molar-refractivity contribution in [2.75, 3.05) is 47.1 Å². The summed E-state index contributed by atoms with van der Waals surface area (Å²) < 4.78 is 16.2. The second-order valence-corrected chi connectivity index (χ2v) is 5.65. The zero-order chi connectivity index (χ0) is 15.5. The summed E-state index contributed by atoms with van der Waals surface area (Å²) in [5, 5.41) is 3.39. The summed E-state index contributed by atoms with van der Waals surface area (Å²) in [6.45, 7) is 10.2. The molecule has 0 aliphatic heterocycles. The number of furan rings is 1. The number of rotatable bonds is 12. The van der Waals surface area contributed by atoms with Crippen molar-refractivity contribution in [3.63, 3.8) is 0 Å². The lowest BCUT2D eigenvalue weighted by Gasteiger charge is -2.20. The molecule has 5 heteroatoms. The highest BCUT2D eigenvalue weighted by Gasteiger charge is 2.09. The molecule has 0 fully saturated rings. The van der Waals surface area contributed by atoms with Gasteiger partial charge in [0.15, 0.2) is 0 Å². The summed E-state index contributed by atoms with van der Waals surface area (Å²) in [7, 11) is 3.44. The Hall–Kier alpha value is -0.880. The van der Waals surface area contributed by atoms with Crippen molar-refractivity contribution in [3.05, 3.63) is 23.7 Å². The standard InChI is InChI=1S/C16H30N2O3/c1-14(2)11-17-12-15-5-6-16(21-15)13-18(7-9-19-3)8-10-20-4/h5-6,14,17H,7-13H2,1-4H3. The molecule has 0 saturated heterocycles. The Bertz CT molecular complexity index is 358. The van der Waals surface area contributed by atoms with Gasteiger partial charge >= 0.3 is 0 Å². The van der Waals surface area contributed by atoms with E-state index in [1.807, 2.05) is 6.07 Å². The van der Waals surface area contributed by atoms with Gasteiger partial charge in [0.25, 0.3) is 0 Å². The smallest absolute Gasteiger partial charge is 0.118 e. The fourth-order valence-corrected chi connectivity index (χ4v) is 2.02. The quantitative estimate of drug-likeness (QED) is 0.640. The maximum Gasteiger partial charge on any atom is 0.118 e. The molecular formula is C16H30N2O3. The molecule has 1 aromatic rings. The van der Waals surface area contributed by atoms with E-state index in [4.69, 9.17) is 13.9 Å². The van der Waals surface area contributed by atoms with E-state index in [2.05, 4.69) is 30.1 Å². The van der Waals surface area contributed by atoms with Crippen molar-refractivity contribution in [3.8, 4) is 0 Å². The molecule has 0 radical (unpaired) electrons. The molecule has 1 N–H and O–H groups in total. The molecule has 122 valence electrons. The largest absolute Gasteiger partial charge is 0.463 e. The predicted octanol–water partition coefficient (Wildman–Crippen LogP) is 2.12. The molecule has 1 rings (SSSR count). The fraction of sp³-hybridized carbons (Fsp3) is 0.750. The number of hydrogen-bond acceptors (Lipinski definition) is 5. The lowest BCUT2D eigenvalue weighted by atomic mass is 10.2. The summed E-state index contributed by atoms with van der Waals surface area (Å²) in [4.78, 5) is 2.27. The number of hydrogen-bond donors (Lipinski definition) is 1. The summed E-state index contributed by atoms with van der Waals surface area (Å²) in [5.41, 5.74) is 0. The van der Waals surface area contributed by atoms with Crippen molar-refractivity contribution in [1.29, 1.82) is 0 Å². The molecular weight excluding hydrogens is 268 g/mol. The van der Waals surface area contributed by atoms with Gasteiger partial charge in [-0.25, -0.2) is 0 Å². The number of methoxy groups -OCH3 is 2. The minimum absolute atomic E-state index is 0.651. The van der Waals surface area contributed by atoms with Gasteiger partial charge in [-0.2, -0.15) is 0 Å². The van der Waals surface area contributed by atoms with Crippen molar-refractivity contribution >= 4 is 0 Å². The van der Waals surface area contributed by atoms with E-state index in [-0.39, 0.29) is 0 Å². The van der Waals surface area contributed by atoms with Gasteiger partial charge in [0.2, 0.25) is 0 Å². The molecule has 1 heterocycles. The summed E-state index contributed by atoms with van der Waals surface area (Å²) in [5.74, 6) is 2.63. The minimum Gasteiger partial charge on any atom is -0.463 e. The second-order valence-electron chi connectivity index (χ2n) is 5.65. The average Bonchev–Trinajstić information content (AvgIpc) is 2.89. The second kappa shape index (κ2) is 10.8. The van der Waals surface area contributed by atoms with E-state index in [1.165, 1.54) is 0 Å². The summed E-state index contributed by atoms with van der Waals surface area (Å²) in [6, 6.07) is 4.10. The Labute approximate surface area is 128 Å². The third-order valence-corrected chi connectivity index (χ3v) is 3.17. The van der Waals surface area contributed by atoms with Crippen LogP contribution in [0.5, 0.6) is 0 Å².